The molecule has 0 bridgehead atoms. The second-order valence-corrected chi connectivity index (χ2v) is 2.76. The highest BCUT2D eigenvalue weighted by molar-refractivity contribution is 5.15. The van der Waals surface area contributed by atoms with Gasteiger partial charge in [-0.1, -0.05) is 43.0 Å². The first kappa shape index (κ1) is 8.06. The first-order chi connectivity index (χ1) is 5.38. The van der Waals surface area contributed by atoms with Crippen LogP contribution in [-0.4, -0.2) is 0 Å². The molecule has 0 aromatic rings. The second-order valence-electron chi connectivity index (χ2n) is 2.76. The summed E-state index contributed by atoms with van der Waals surface area (Å²) in [5.41, 5.74) is 0. The molecule has 1 aliphatic rings. The van der Waals surface area contributed by atoms with Gasteiger partial charge in [0.25, 0.3) is 0 Å². The Labute approximate surface area is 68.6 Å². The Bertz CT molecular complexity index is 196. The van der Waals surface area contributed by atoms with Crippen LogP contribution in [0.15, 0.2) is 49.6 Å². The third-order valence-electron chi connectivity index (χ3n) is 2.03. The molecule has 2 unspecified atom stereocenters. The lowest BCUT2D eigenvalue weighted by Gasteiger charge is -2.09. The zero-order valence-electron chi connectivity index (χ0n) is 6.74. The van der Waals surface area contributed by atoms with Gasteiger partial charge in [-0.3, -0.25) is 0 Å². The fraction of sp³-hybridized carbons (Fsp3) is 0.273. The molecular formula is C11H14. The van der Waals surface area contributed by atoms with Crippen LogP contribution < -0.4 is 0 Å². The van der Waals surface area contributed by atoms with Gasteiger partial charge in [0.15, 0.2) is 0 Å². The minimum atomic E-state index is 0.547. The molecule has 0 fully saturated rings. The van der Waals surface area contributed by atoms with Crippen LogP contribution in [0.25, 0.3) is 0 Å². The van der Waals surface area contributed by atoms with Crippen molar-refractivity contribution in [3.8, 4) is 0 Å². The normalized spacial score (nSPS) is 29.5. The predicted octanol–water partition coefficient (Wildman–Crippen LogP) is 3.11. The van der Waals surface area contributed by atoms with Gasteiger partial charge < -0.3 is 0 Å². The Morgan fingerprint density at radius 2 is 2.18 bits per heavy atom. The van der Waals surface area contributed by atoms with E-state index in [9.17, 15) is 0 Å². The van der Waals surface area contributed by atoms with Gasteiger partial charge in [-0.05, 0) is 12.3 Å². The topological polar surface area (TPSA) is 0 Å². The summed E-state index contributed by atoms with van der Waals surface area (Å²) in [4.78, 5) is 0. The molecule has 0 radical (unpaired) electrons. The van der Waals surface area contributed by atoms with Crippen LogP contribution in [0.5, 0.6) is 0 Å². The Morgan fingerprint density at radius 3 is 2.82 bits per heavy atom. The summed E-state index contributed by atoms with van der Waals surface area (Å²) >= 11 is 0. The Hall–Kier alpha value is -1.04. The van der Waals surface area contributed by atoms with Crippen LogP contribution in [0.1, 0.15) is 6.42 Å². The molecule has 1 aliphatic carbocycles. The van der Waals surface area contributed by atoms with Crippen molar-refractivity contribution in [3.63, 3.8) is 0 Å². The van der Waals surface area contributed by atoms with Crippen molar-refractivity contribution in [2.45, 2.75) is 6.42 Å². The van der Waals surface area contributed by atoms with E-state index >= 15 is 0 Å². The van der Waals surface area contributed by atoms with Gasteiger partial charge in [-0.25, -0.2) is 0 Å². The smallest absolute Gasteiger partial charge is 0.00154 e. The number of hydrogen-bond acceptors (Lipinski definition) is 0. The second kappa shape index (κ2) is 3.97. The Balaban J connectivity index is 2.55. The minimum Gasteiger partial charge on any atom is -0.103 e. The molecular weight excluding hydrogens is 132 g/mol. The van der Waals surface area contributed by atoms with Crippen LogP contribution in [0.4, 0.5) is 0 Å². The molecule has 0 nitrogen and oxygen atoms in total. The van der Waals surface area contributed by atoms with Gasteiger partial charge in [0, 0.05) is 5.92 Å². The fourth-order valence-electron chi connectivity index (χ4n) is 1.36. The van der Waals surface area contributed by atoms with Crippen LogP contribution in [0.3, 0.4) is 0 Å². The number of allylic oxidation sites excluding steroid dienone is 6. The molecule has 11 heavy (non-hydrogen) atoms. The third-order valence-corrected chi connectivity index (χ3v) is 2.03. The SMILES string of the molecule is C=CC=CC1C=CCC1C=C. The van der Waals surface area contributed by atoms with Gasteiger partial charge >= 0.3 is 0 Å². The monoisotopic (exact) mass is 146 g/mol. The predicted molar refractivity (Wildman–Crippen MR) is 50.3 cm³/mol. The van der Waals surface area contributed by atoms with E-state index in [0.717, 1.165) is 6.42 Å². The van der Waals surface area contributed by atoms with E-state index < -0.39 is 0 Å². The fourth-order valence-corrected chi connectivity index (χ4v) is 1.36. The van der Waals surface area contributed by atoms with E-state index in [0.29, 0.717) is 11.8 Å². The quantitative estimate of drug-likeness (QED) is 0.424. The van der Waals surface area contributed by atoms with Crippen LogP contribution in [-0.2, 0) is 0 Å². The highest BCUT2D eigenvalue weighted by Gasteiger charge is 2.15. The zero-order valence-corrected chi connectivity index (χ0v) is 6.74. The molecule has 0 saturated heterocycles. The number of rotatable bonds is 3. The largest absolute Gasteiger partial charge is 0.103 e. The van der Waals surface area contributed by atoms with Gasteiger partial charge in [0.05, 0.1) is 0 Å². The van der Waals surface area contributed by atoms with Gasteiger partial charge in [0.2, 0.25) is 0 Å². The van der Waals surface area contributed by atoms with Crippen molar-refractivity contribution >= 4 is 0 Å². The lowest BCUT2D eigenvalue weighted by molar-refractivity contribution is 0.604. The third kappa shape index (κ3) is 1.94. The summed E-state index contributed by atoms with van der Waals surface area (Å²) in [6, 6.07) is 0. The van der Waals surface area contributed by atoms with E-state index in [1.807, 2.05) is 18.2 Å². The van der Waals surface area contributed by atoms with Crippen molar-refractivity contribution in [3.05, 3.63) is 49.6 Å². The summed E-state index contributed by atoms with van der Waals surface area (Å²) in [6.07, 6.45) is 13.6. The van der Waals surface area contributed by atoms with Crippen molar-refractivity contribution < 1.29 is 0 Å². The molecule has 0 heteroatoms. The summed E-state index contributed by atoms with van der Waals surface area (Å²) in [7, 11) is 0. The number of hydrogen-bond donors (Lipinski definition) is 0. The molecule has 2 atom stereocenters. The molecule has 0 saturated carbocycles. The van der Waals surface area contributed by atoms with E-state index in [1.165, 1.54) is 0 Å². The average molecular weight is 146 g/mol. The zero-order chi connectivity index (χ0) is 8.10. The van der Waals surface area contributed by atoms with Crippen molar-refractivity contribution in [2.75, 3.05) is 0 Å². The minimum absolute atomic E-state index is 0.547. The summed E-state index contributed by atoms with van der Waals surface area (Å²) in [6.45, 7) is 7.44. The Morgan fingerprint density at radius 1 is 1.36 bits per heavy atom. The van der Waals surface area contributed by atoms with Gasteiger partial charge in [-0.2, -0.15) is 0 Å². The summed E-state index contributed by atoms with van der Waals surface area (Å²) in [5.74, 6) is 1.15. The highest BCUT2D eigenvalue weighted by atomic mass is 14.2. The molecule has 1 rings (SSSR count). The van der Waals surface area contributed by atoms with Crippen LogP contribution in [0.2, 0.25) is 0 Å². The lowest BCUT2D eigenvalue weighted by atomic mass is 9.95. The Kier molecular flexibility index (Phi) is 2.91. The molecule has 0 aromatic heterocycles. The first-order valence-electron chi connectivity index (χ1n) is 3.97. The molecule has 0 heterocycles. The van der Waals surface area contributed by atoms with E-state index in [1.54, 1.807) is 0 Å². The van der Waals surface area contributed by atoms with E-state index in [-0.39, 0.29) is 0 Å². The summed E-state index contributed by atoms with van der Waals surface area (Å²) in [5, 5.41) is 0. The maximum Gasteiger partial charge on any atom is 0.00154 e. The maximum atomic E-state index is 3.80. The molecule has 0 amide bonds. The molecule has 0 spiro atoms. The summed E-state index contributed by atoms with van der Waals surface area (Å²) < 4.78 is 0. The molecule has 0 N–H and O–H groups in total. The maximum absolute atomic E-state index is 3.80. The molecule has 58 valence electrons. The van der Waals surface area contributed by atoms with Crippen molar-refractivity contribution in [2.24, 2.45) is 11.8 Å². The average Bonchev–Trinajstić information content (AvgIpc) is 2.47. The van der Waals surface area contributed by atoms with Crippen LogP contribution >= 0.6 is 0 Å². The van der Waals surface area contributed by atoms with Crippen molar-refractivity contribution in [1.82, 2.24) is 0 Å². The van der Waals surface area contributed by atoms with E-state index in [4.69, 9.17) is 0 Å². The lowest BCUT2D eigenvalue weighted by Crippen LogP contribution is -2.00. The van der Waals surface area contributed by atoms with Crippen molar-refractivity contribution in [1.29, 1.82) is 0 Å². The highest BCUT2D eigenvalue weighted by Crippen LogP contribution is 2.26. The molecule has 0 aromatic carbocycles. The molecule has 0 aliphatic heterocycles. The van der Waals surface area contributed by atoms with Crippen LogP contribution in [0, 0.1) is 11.8 Å². The van der Waals surface area contributed by atoms with Gasteiger partial charge in [-0.15, -0.1) is 6.58 Å². The van der Waals surface area contributed by atoms with Gasteiger partial charge in [0.1, 0.15) is 0 Å². The van der Waals surface area contributed by atoms with E-state index in [2.05, 4.69) is 31.4 Å². The first-order valence-corrected chi connectivity index (χ1v) is 3.97. The standard InChI is InChI=1S/C11H14/c1-3-5-7-11-9-6-8-10(11)4-2/h3-7,9-11H,1-2,8H2.